The van der Waals surface area contributed by atoms with Crippen LogP contribution < -0.4 is 0 Å². The van der Waals surface area contributed by atoms with E-state index < -0.39 is 0 Å². The molecular weight excluding hydrogens is 336 g/mol. The van der Waals surface area contributed by atoms with Gasteiger partial charge in [-0.1, -0.05) is 12.1 Å². The second-order valence-electron chi connectivity index (χ2n) is 8.55. The Morgan fingerprint density at radius 3 is 2.67 bits per heavy atom. The standard InChI is InChI=1S/C22H30N4O/c1-18(2)25-17-22(11-9-21(25)27)10-3-13-24(16-22)15-19-5-7-20(8-6-19)26-14-4-12-23-26/h4-8,12,14,18H,3,9-11,13,15-17H2,1-2H3. The first kappa shape index (κ1) is 18.2. The van der Waals surface area contributed by atoms with Gasteiger partial charge in [0.15, 0.2) is 0 Å². The summed E-state index contributed by atoms with van der Waals surface area (Å²) in [6, 6.07) is 11.0. The number of carbonyl (C=O) groups excluding carboxylic acids is 1. The van der Waals surface area contributed by atoms with E-state index in [1.807, 2.05) is 16.9 Å². The van der Waals surface area contributed by atoms with E-state index in [9.17, 15) is 4.79 Å². The highest BCUT2D eigenvalue weighted by Crippen LogP contribution is 2.39. The van der Waals surface area contributed by atoms with Crippen molar-refractivity contribution in [3.05, 3.63) is 48.3 Å². The number of benzene rings is 1. The van der Waals surface area contributed by atoms with Gasteiger partial charge < -0.3 is 4.90 Å². The summed E-state index contributed by atoms with van der Waals surface area (Å²) >= 11 is 0. The van der Waals surface area contributed by atoms with Gasteiger partial charge in [-0.2, -0.15) is 5.10 Å². The summed E-state index contributed by atoms with van der Waals surface area (Å²) in [6.45, 7) is 8.44. The van der Waals surface area contributed by atoms with Crippen molar-refractivity contribution in [3.63, 3.8) is 0 Å². The number of piperidine rings is 2. The van der Waals surface area contributed by atoms with E-state index >= 15 is 0 Å². The summed E-state index contributed by atoms with van der Waals surface area (Å²) in [6.07, 6.45) is 8.00. The highest BCUT2D eigenvalue weighted by Gasteiger charge is 2.42. The smallest absolute Gasteiger partial charge is 0.222 e. The zero-order chi connectivity index (χ0) is 18.9. The molecule has 0 bridgehead atoms. The molecule has 1 spiro atoms. The van der Waals surface area contributed by atoms with E-state index in [0.717, 1.165) is 38.3 Å². The molecule has 3 heterocycles. The Balaban J connectivity index is 1.42. The summed E-state index contributed by atoms with van der Waals surface area (Å²) in [4.78, 5) is 17.0. The van der Waals surface area contributed by atoms with Crippen molar-refractivity contribution < 1.29 is 4.79 Å². The van der Waals surface area contributed by atoms with Gasteiger partial charge in [0.1, 0.15) is 0 Å². The van der Waals surface area contributed by atoms with E-state index in [2.05, 4.69) is 53.0 Å². The van der Waals surface area contributed by atoms with Crippen LogP contribution in [0.5, 0.6) is 0 Å². The Bertz CT molecular complexity index is 768. The number of likely N-dealkylation sites (tertiary alicyclic amines) is 2. The van der Waals surface area contributed by atoms with Gasteiger partial charge in [0, 0.05) is 49.9 Å². The van der Waals surface area contributed by atoms with Crippen molar-refractivity contribution in [3.8, 4) is 5.69 Å². The molecule has 1 unspecified atom stereocenters. The quantitative estimate of drug-likeness (QED) is 0.832. The average molecular weight is 367 g/mol. The lowest BCUT2D eigenvalue weighted by molar-refractivity contribution is -0.141. The van der Waals surface area contributed by atoms with Crippen molar-refractivity contribution in [2.45, 2.75) is 52.1 Å². The molecule has 1 aromatic heterocycles. The summed E-state index contributed by atoms with van der Waals surface area (Å²) in [7, 11) is 0. The normalized spacial score (nSPS) is 24.1. The Labute approximate surface area is 162 Å². The number of hydrogen-bond donors (Lipinski definition) is 0. The van der Waals surface area contributed by atoms with E-state index in [1.165, 1.54) is 18.4 Å². The largest absolute Gasteiger partial charge is 0.340 e. The van der Waals surface area contributed by atoms with Gasteiger partial charge in [-0.05, 0) is 63.4 Å². The number of nitrogens with zero attached hydrogens (tertiary/aromatic N) is 4. The third-order valence-corrected chi connectivity index (χ3v) is 6.17. The first-order valence-corrected chi connectivity index (χ1v) is 10.2. The average Bonchev–Trinajstić information content (AvgIpc) is 3.19. The first-order valence-electron chi connectivity index (χ1n) is 10.2. The maximum Gasteiger partial charge on any atom is 0.222 e. The molecule has 2 aliphatic heterocycles. The minimum absolute atomic E-state index is 0.283. The monoisotopic (exact) mass is 366 g/mol. The molecule has 0 radical (unpaired) electrons. The van der Waals surface area contributed by atoms with Crippen LogP contribution in [-0.4, -0.2) is 51.2 Å². The fourth-order valence-corrected chi connectivity index (χ4v) is 4.73. The van der Waals surface area contributed by atoms with E-state index in [4.69, 9.17) is 0 Å². The van der Waals surface area contributed by atoms with Crippen molar-refractivity contribution in [2.75, 3.05) is 19.6 Å². The summed E-state index contributed by atoms with van der Waals surface area (Å²) < 4.78 is 1.89. The number of amides is 1. The predicted octanol–water partition coefficient (Wildman–Crippen LogP) is 3.49. The molecule has 2 aliphatic rings. The lowest BCUT2D eigenvalue weighted by atomic mass is 9.73. The Kier molecular flexibility index (Phi) is 5.04. The van der Waals surface area contributed by atoms with Crippen LogP contribution in [0, 0.1) is 5.41 Å². The number of rotatable bonds is 4. The van der Waals surface area contributed by atoms with Gasteiger partial charge in [0.05, 0.1) is 5.69 Å². The van der Waals surface area contributed by atoms with Crippen LogP contribution in [0.3, 0.4) is 0 Å². The maximum atomic E-state index is 12.3. The molecule has 2 aromatic rings. The van der Waals surface area contributed by atoms with Crippen molar-refractivity contribution in [1.82, 2.24) is 19.6 Å². The second kappa shape index (κ2) is 7.47. The molecule has 2 saturated heterocycles. The summed E-state index contributed by atoms with van der Waals surface area (Å²) in [5, 5.41) is 4.29. The van der Waals surface area contributed by atoms with Crippen LogP contribution in [0.15, 0.2) is 42.7 Å². The first-order chi connectivity index (χ1) is 13.0. The van der Waals surface area contributed by atoms with Crippen LogP contribution in [0.4, 0.5) is 0 Å². The third-order valence-electron chi connectivity index (χ3n) is 6.17. The third kappa shape index (κ3) is 3.93. The maximum absolute atomic E-state index is 12.3. The highest BCUT2D eigenvalue weighted by molar-refractivity contribution is 5.77. The zero-order valence-corrected chi connectivity index (χ0v) is 16.5. The molecule has 4 rings (SSSR count). The van der Waals surface area contributed by atoms with Crippen LogP contribution in [0.25, 0.3) is 5.69 Å². The molecule has 0 saturated carbocycles. The molecule has 2 fully saturated rings. The second-order valence-corrected chi connectivity index (χ2v) is 8.55. The van der Waals surface area contributed by atoms with Gasteiger partial charge in [0.2, 0.25) is 5.91 Å². The van der Waals surface area contributed by atoms with Crippen LogP contribution >= 0.6 is 0 Å². The van der Waals surface area contributed by atoms with Gasteiger partial charge >= 0.3 is 0 Å². The van der Waals surface area contributed by atoms with Crippen molar-refractivity contribution in [1.29, 1.82) is 0 Å². The molecule has 5 heteroatoms. The Hall–Kier alpha value is -2.14. The minimum atomic E-state index is 0.283. The minimum Gasteiger partial charge on any atom is -0.340 e. The fourth-order valence-electron chi connectivity index (χ4n) is 4.73. The van der Waals surface area contributed by atoms with Crippen LogP contribution in [0.1, 0.15) is 45.1 Å². The topological polar surface area (TPSA) is 41.4 Å². The van der Waals surface area contributed by atoms with Crippen molar-refractivity contribution >= 4 is 5.91 Å². The number of carbonyl (C=O) groups is 1. The van der Waals surface area contributed by atoms with Crippen LogP contribution in [0.2, 0.25) is 0 Å². The highest BCUT2D eigenvalue weighted by atomic mass is 16.2. The summed E-state index contributed by atoms with van der Waals surface area (Å²) in [5.74, 6) is 0.335. The van der Waals surface area contributed by atoms with Gasteiger partial charge in [-0.3, -0.25) is 9.69 Å². The number of hydrogen-bond acceptors (Lipinski definition) is 3. The lowest BCUT2D eigenvalue weighted by Crippen LogP contribution is -2.55. The van der Waals surface area contributed by atoms with Gasteiger partial charge in [-0.25, -0.2) is 4.68 Å². The van der Waals surface area contributed by atoms with Crippen molar-refractivity contribution in [2.24, 2.45) is 5.41 Å². The predicted molar refractivity (Wildman–Crippen MR) is 107 cm³/mol. The molecule has 1 atom stereocenters. The van der Waals surface area contributed by atoms with Gasteiger partial charge in [-0.15, -0.1) is 0 Å². The van der Waals surface area contributed by atoms with Gasteiger partial charge in [0.25, 0.3) is 0 Å². The summed E-state index contributed by atoms with van der Waals surface area (Å²) in [5.41, 5.74) is 2.72. The molecule has 27 heavy (non-hydrogen) atoms. The lowest BCUT2D eigenvalue weighted by Gasteiger charge is -2.49. The van der Waals surface area contributed by atoms with E-state index in [1.54, 1.807) is 6.20 Å². The van der Waals surface area contributed by atoms with E-state index in [0.29, 0.717) is 18.4 Å². The SMILES string of the molecule is CC(C)N1CC2(CCCN(Cc3ccc(-n4cccn4)cc3)C2)CCC1=O. The molecule has 0 aliphatic carbocycles. The van der Waals surface area contributed by atoms with E-state index in [-0.39, 0.29) is 5.41 Å². The molecule has 1 amide bonds. The molecule has 144 valence electrons. The molecule has 1 aromatic carbocycles. The van der Waals surface area contributed by atoms with Crippen LogP contribution in [-0.2, 0) is 11.3 Å². The molecule has 5 nitrogen and oxygen atoms in total. The Morgan fingerprint density at radius 1 is 1.15 bits per heavy atom. The number of aromatic nitrogens is 2. The zero-order valence-electron chi connectivity index (χ0n) is 16.5. The Morgan fingerprint density at radius 2 is 1.96 bits per heavy atom. The molecule has 0 N–H and O–H groups in total. The molecular formula is C22H30N4O. The fraction of sp³-hybridized carbons (Fsp3) is 0.545.